The summed E-state index contributed by atoms with van der Waals surface area (Å²) >= 11 is 0. The fourth-order valence-electron chi connectivity index (χ4n) is 1.88. The van der Waals surface area contributed by atoms with E-state index in [9.17, 15) is 4.79 Å². The van der Waals surface area contributed by atoms with Crippen LogP contribution in [-0.4, -0.2) is 49.0 Å². The molecule has 0 aromatic carbocycles. The standard InChI is InChI=1S/C10H21N5O/c1-2-13-10(12)14-8-3-5-15(6-4-8)7-9(11)16/h8H,2-7H2,1H3,(H2,11,16)(H3,12,13,14). The number of aliphatic imine (C=N–C) groups is 1. The number of rotatable bonds is 4. The number of carbonyl (C=O) groups is 1. The van der Waals surface area contributed by atoms with Crippen LogP contribution in [0.25, 0.3) is 0 Å². The van der Waals surface area contributed by atoms with Crippen LogP contribution >= 0.6 is 0 Å². The van der Waals surface area contributed by atoms with Crippen LogP contribution in [-0.2, 0) is 4.79 Å². The molecule has 6 heteroatoms. The van der Waals surface area contributed by atoms with Gasteiger partial charge in [0, 0.05) is 25.7 Å². The van der Waals surface area contributed by atoms with Gasteiger partial charge in [-0.15, -0.1) is 0 Å². The smallest absolute Gasteiger partial charge is 0.231 e. The summed E-state index contributed by atoms with van der Waals surface area (Å²) in [6.45, 7) is 4.74. The summed E-state index contributed by atoms with van der Waals surface area (Å²) in [5.41, 5.74) is 10.8. The number of nitrogens with zero attached hydrogens (tertiary/aromatic N) is 2. The lowest BCUT2D eigenvalue weighted by Gasteiger charge is -2.31. The minimum Gasteiger partial charge on any atom is -0.370 e. The van der Waals surface area contributed by atoms with Crippen molar-refractivity contribution in [2.45, 2.75) is 25.8 Å². The van der Waals surface area contributed by atoms with Gasteiger partial charge in [0.2, 0.25) is 5.91 Å². The Kier molecular flexibility index (Phi) is 5.04. The number of primary amides is 1. The molecule has 5 N–H and O–H groups in total. The average Bonchev–Trinajstić information content (AvgIpc) is 2.20. The maximum absolute atomic E-state index is 10.7. The molecule has 1 amide bonds. The molecule has 1 heterocycles. The van der Waals surface area contributed by atoms with E-state index in [-0.39, 0.29) is 5.91 Å². The zero-order valence-electron chi connectivity index (χ0n) is 9.78. The molecule has 0 aliphatic carbocycles. The van der Waals surface area contributed by atoms with Crippen LogP contribution < -0.4 is 16.8 Å². The second-order valence-electron chi connectivity index (χ2n) is 4.02. The molecule has 0 spiro atoms. The zero-order valence-corrected chi connectivity index (χ0v) is 9.78. The number of hydrogen-bond acceptors (Lipinski definition) is 3. The first-order valence-electron chi connectivity index (χ1n) is 5.69. The number of guanidine groups is 1. The van der Waals surface area contributed by atoms with Gasteiger partial charge in [-0.2, -0.15) is 0 Å². The molecule has 1 aliphatic heterocycles. The van der Waals surface area contributed by atoms with Crippen LogP contribution in [0.1, 0.15) is 19.8 Å². The van der Waals surface area contributed by atoms with Gasteiger partial charge in [-0.1, -0.05) is 0 Å². The second-order valence-corrected chi connectivity index (χ2v) is 4.02. The maximum Gasteiger partial charge on any atom is 0.231 e. The summed E-state index contributed by atoms with van der Waals surface area (Å²) in [4.78, 5) is 16.9. The van der Waals surface area contributed by atoms with Crippen molar-refractivity contribution in [1.29, 1.82) is 0 Å². The zero-order chi connectivity index (χ0) is 12.0. The number of piperidine rings is 1. The molecule has 16 heavy (non-hydrogen) atoms. The highest BCUT2D eigenvalue weighted by atomic mass is 16.1. The Hall–Kier alpha value is -1.30. The van der Waals surface area contributed by atoms with Gasteiger partial charge in [-0.3, -0.25) is 14.7 Å². The molecule has 1 rings (SSSR count). The fourth-order valence-corrected chi connectivity index (χ4v) is 1.88. The number of hydrogen-bond donors (Lipinski definition) is 3. The van der Waals surface area contributed by atoms with Gasteiger partial charge in [-0.25, -0.2) is 0 Å². The predicted octanol–water partition coefficient (Wildman–Crippen LogP) is -1.14. The number of nitrogens with two attached hydrogens (primary N) is 2. The summed E-state index contributed by atoms with van der Waals surface area (Å²) in [5.74, 6) is 0.245. The minimum absolute atomic E-state index is 0.265. The molecule has 0 atom stereocenters. The van der Waals surface area contributed by atoms with Crippen molar-refractivity contribution >= 4 is 11.9 Å². The molecule has 1 saturated heterocycles. The summed E-state index contributed by atoms with van der Waals surface area (Å²) in [6, 6.07) is 0.361. The van der Waals surface area contributed by atoms with E-state index in [2.05, 4.69) is 15.2 Å². The van der Waals surface area contributed by atoms with Crippen LogP contribution in [0, 0.1) is 0 Å². The van der Waals surface area contributed by atoms with Gasteiger partial charge in [0.1, 0.15) is 0 Å². The largest absolute Gasteiger partial charge is 0.370 e. The Morgan fingerprint density at radius 2 is 2.06 bits per heavy atom. The highest BCUT2D eigenvalue weighted by molar-refractivity contribution is 5.78. The first-order valence-corrected chi connectivity index (χ1v) is 5.69. The van der Waals surface area contributed by atoms with Crippen molar-refractivity contribution < 1.29 is 4.79 Å². The van der Waals surface area contributed by atoms with Crippen molar-refractivity contribution in [3.63, 3.8) is 0 Å². The van der Waals surface area contributed by atoms with Gasteiger partial charge >= 0.3 is 0 Å². The van der Waals surface area contributed by atoms with Crippen molar-refractivity contribution in [1.82, 2.24) is 10.2 Å². The molecule has 0 saturated carbocycles. The van der Waals surface area contributed by atoms with Gasteiger partial charge in [-0.05, 0) is 19.8 Å². The van der Waals surface area contributed by atoms with E-state index in [1.807, 2.05) is 6.92 Å². The summed E-state index contributed by atoms with van der Waals surface area (Å²) in [5, 5.41) is 3.18. The molecule has 92 valence electrons. The quantitative estimate of drug-likeness (QED) is 0.418. The summed E-state index contributed by atoms with van der Waals surface area (Å²) < 4.78 is 0. The van der Waals surface area contributed by atoms with E-state index < -0.39 is 0 Å². The Balaban J connectivity index is 2.26. The maximum atomic E-state index is 10.7. The topological polar surface area (TPSA) is 96.7 Å². The van der Waals surface area contributed by atoms with Gasteiger partial charge < -0.3 is 16.8 Å². The normalized spacial score (nSPS) is 19.7. The lowest BCUT2D eigenvalue weighted by Crippen LogP contribution is -2.48. The van der Waals surface area contributed by atoms with Gasteiger partial charge in [0.15, 0.2) is 5.96 Å². The van der Waals surface area contributed by atoms with E-state index in [0.29, 0.717) is 25.1 Å². The molecule has 6 nitrogen and oxygen atoms in total. The lowest BCUT2D eigenvalue weighted by atomic mass is 10.1. The molecule has 0 aromatic heterocycles. The molecule has 0 radical (unpaired) electrons. The van der Waals surface area contributed by atoms with Crippen LogP contribution in [0.5, 0.6) is 0 Å². The van der Waals surface area contributed by atoms with Crippen molar-refractivity contribution in [3.8, 4) is 0 Å². The van der Waals surface area contributed by atoms with E-state index in [1.165, 1.54) is 0 Å². The fraction of sp³-hybridized carbons (Fsp3) is 0.800. The summed E-state index contributed by atoms with van der Waals surface area (Å²) in [7, 11) is 0. The molecule has 1 aliphatic rings. The average molecular weight is 227 g/mol. The third-order valence-corrected chi connectivity index (χ3v) is 2.65. The van der Waals surface area contributed by atoms with Crippen LogP contribution in [0.2, 0.25) is 0 Å². The van der Waals surface area contributed by atoms with E-state index in [0.717, 1.165) is 25.9 Å². The van der Waals surface area contributed by atoms with Crippen molar-refractivity contribution in [3.05, 3.63) is 0 Å². The Bertz CT molecular complexity index is 258. The summed E-state index contributed by atoms with van der Waals surface area (Å²) in [6.07, 6.45) is 1.93. The van der Waals surface area contributed by atoms with E-state index in [4.69, 9.17) is 11.5 Å². The van der Waals surface area contributed by atoms with Gasteiger partial charge in [0.05, 0.1) is 6.54 Å². The SMILES string of the molecule is CCN=C(N)NC1CCN(CC(N)=O)CC1. The molecular formula is C10H21N5O. The highest BCUT2D eigenvalue weighted by Crippen LogP contribution is 2.09. The number of amides is 1. The third-order valence-electron chi connectivity index (χ3n) is 2.65. The molecular weight excluding hydrogens is 206 g/mol. The van der Waals surface area contributed by atoms with Crippen LogP contribution in [0.15, 0.2) is 4.99 Å². The second kappa shape index (κ2) is 6.32. The monoisotopic (exact) mass is 227 g/mol. The van der Waals surface area contributed by atoms with E-state index >= 15 is 0 Å². The number of nitrogens with one attached hydrogen (secondary N) is 1. The molecule has 1 fully saturated rings. The Morgan fingerprint density at radius 1 is 1.44 bits per heavy atom. The van der Waals surface area contributed by atoms with Crippen molar-refractivity contribution in [2.75, 3.05) is 26.2 Å². The minimum atomic E-state index is -0.265. The predicted molar refractivity (Wildman–Crippen MR) is 64.0 cm³/mol. The Labute approximate surface area is 96.1 Å². The van der Waals surface area contributed by atoms with E-state index in [1.54, 1.807) is 0 Å². The number of likely N-dealkylation sites (tertiary alicyclic amines) is 1. The van der Waals surface area contributed by atoms with Crippen LogP contribution in [0.4, 0.5) is 0 Å². The lowest BCUT2D eigenvalue weighted by molar-refractivity contribution is -0.119. The third kappa shape index (κ3) is 4.48. The van der Waals surface area contributed by atoms with Crippen LogP contribution in [0.3, 0.4) is 0 Å². The number of carbonyl (C=O) groups excluding carboxylic acids is 1. The highest BCUT2D eigenvalue weighted by Gasteiger charge is 2.20. The molecule has 0 aromatic rings. The first-order chi connectivity index (χ1) is 7.61. The molecule has 0 bridgehead atoms. The van der Waals surface area contributed by atoms with Crippen molar-refractivity contribution in [2.24, 2.45) is 16.5 Å². The Morgan fingerprint density at radius 3 is 2.56 bits per heavy atom. The molecule has 0 unspecified atom stereocenters. The first kappa shape index (κ1) is 12.8. The van der Waals surface area contributed by atoms with Gasteiger partial charge in [0.25, 0.3) is 0 Å².